The fraction of sp³-hybridized carbons (Fsp3) is 0.714. The highest BCUT2D eigenvalue weighted by atomic mass is 35.5. The summed E-state index contributed by atoms with van der Waals surface area (Å²) in [5.74, 6) is -0.156. The van der Waals surface area contributed by atoms with Gasteiger partial charge >= 0.3 is 5.97 Å². The topological polar surface area (TPSA) is 54.5 Å². The first-order chi connectivity index (χ1) is 9.53. The van der Waals surface area contributed by atoms with Gasteiger partial charge in [-0.25, -0.2) is 4.98 Å². The number of nitrogens with one attached hydrogen (secondary N) is 1. The number of ether oxygens (including phenoxy) is 1. The van der Waals surface area contributed by atoms with E-state index in [-0.39, 0.29) is 18.4 Å². The number of piperazine rings is 1. The van der Waals surface area contributed by atoms with E-state index < -0.39 is 5.41 Å². The van der Waals surface area contributed by atoms with Crippen molar-refractivity contribution in [2.75, 3.05) is 38.2 Å². The molecule has 1 N–H and O–H groups in total. The zero-order valence-electron chi connectivity index (χ0n) is 12.8. The van der Waals surface area contributed by atoms with Gasteiger partial charge in [0.25, 0.3) is 0 Å². The van der Waals surface area contributed by atoms with Crippen LogP contribution in [0.3, 0.4) is 0 Å². The van der Waals surface area contributed by atoms with Gasteiger partial charge in [0.2, 0.25) is 0 Å². The smallest absolute Gasteiger partial charge is 0.311 e. The lowest BCUT2D eigenvalue weighted by Crippen LogP contribution is -2.43. The molecule has 0 aromatic carbocycles. The van der Waals surface area contributed by atoms with Crippen molar-refractivity contribution in [1.82, 2.24) is 10.3 Å². The number of halogens is 1. The van der Waals surface area contributed by atoms with Crippen LogP contribution in [0.2, 0.25) is 0 Å². The lowest BCUT2D eigenvalue weighted by molar-refractivity contribution is -0.151. The summed E-state index contributed by atoms with van der Waals surface area (Å²) in [4.78, 5) is 18.5. The standard InChI is InChI=1S/C14H23N3O2S.ClH/c1-14(2,13(18)19-3)5-4-11-16-10-12(20-11)17-8-6-15-7-9-17;/h10,15H,4-9H2,1-3H3;1H. The van der Waals surface area contributed by atoms with Crippen LogP contribution in [0, 0.1) is 5.41 Å². The SMILES string of the molecule is COC(=O)C(C)(C)CCc1ncc(N2CCNCC2)s1.Cl. The maximum Gasteiger partial charge on any atom is 0.311 e. The van der Waals surface area contributed by atoms with Gasteiger partial charge in [0.05, 0.1) is 23.7 Å². The molecule has 2 rings (SSSR count). The molecule has 0 unspecified atom stereocenters. The summed E-state index contributed by atoms with van der Waals surface area (Å²) in [6, 6.07) is 0. The molecule has 0 aliphatic carbocycles. The molecule has 1 aliphatic rings. The fourth-order valence-electron chi connectivity index (χ4n) is 2.25. The average Bonchev–Trinajstić information content (AvgIpc) is 2.94. The van der Waals surface area contributed by atoms with Gasteiger partial charge in [-0.2, -0.15) is 0 Å². The number of aromatic nitrogens is 1. The monoisotopic (exact) mass is 333 g/mol. The second kappa shape index (κ2) is 7.96. The Bertz CT molecular complexity index is 459. The van der Waals surface area contributed by atoms with Gasteiger partial charge in [0, 0.05) is 32.6 Å². The summed E-state index contributed by atoms with van der Waals surface area (Å²) in [5.41, 5.74) is -0.449. The summed E-state index contributed by atoms with van der Waals surface area (Å²) >= 11 is 1.73. The van der Waals surface area contributed by atoms with Crippen LogP contribution in [-0.2, 0) is 16.0 Å². The number of hydrogen-bond donors (Lipinski definition) is 1. The molecular formula is C14H24ClN3O2S. The number of methoxy groups -OCH3 is 1. The van der Waals surface area contributed by atoms with Crippen molar-refractivity contribution in [1.29, 1.82) is 0 Å². The average molecular weight is 334 g/mol. The predicted molar refractivity (Wildman–Crippen MR) is 88.6 cm³/mol. The lowest BCUT2D eigenvalue weighted by atomic mass is 9.88. The highest BCUT2D eigenvalue weighted by molar-refractivity contribution is 7.15. The molecule has 0 spiro atoms. The molecule has 21 heavy (non-hydrogen) atoms. The van der Waals surface area contributed by atoms with Crippen LogP contribution in [0.25, 0.3) is 0 Å². The van der Waals surface area contributed by atoms with Crippen molar-refractivity contribution in [3.05, 3.63) is 11.2 Å². The quantitative estimate of drug-likeness (QED) is 0.836. The molecule has 1 fully saturated rings. The Morgan fingerprint density at radius 3 is 2.76 bits per heavy atom. The van der Waals surface area contributed by atoms with E-state index in [9.17, 15) is 4.79 Å². The van der Waals surface area contributed by atoms with Gasteiger partial charge in [0.15, 0.2) is 0 Å². The van der Waals surface area contributed by atoms with Gasteiger partial charge in [-0.3, -0.25) is 4.79 Å². The first kappa shape index (κ1) is 18.2. The van der Waals surface area contributed by atoms with Crippen LogP contribution in [-0.4, -0.2) is 44.2 Å². The van der Waals surface area contributed by atoms with E-state index in [1.807, 2.05) is 20.0 Å². The van der Waals surface area contributed by atoms with E-state index in [4.69, 9.17) is 4.74 Å². The molecule has 1 saturated heterocycles. The predicted octanol–water partition coefficient (Wildman–Crippen LogP) is 2.11. The van der Waals surface area contributed by atoms with Crippen molar-refractivity contribution in [2.45, 2.75) is 26.7 Å². The number of anilines is 1. The van der Waals surface area contributed by atoms with Gasteiger partial charge in [-0.05, 0) is 20.3 Å². The molecule has 0 atom stereocenters. The van der Waals surface area contributed by atoms with Crippen LogP contribution in [0.5, 0.6) is 0 Å². The molecule has 5 nitrogen and oxygen atoms in total. The van der Waals surface area contributed by atoms with Crippen molar-refractivity contribution >= 4 is 34.7 Å². The molecule has 120 valence electrons. The van der Waals surface area contributed by atoms with E-state index in [1.165, 1.54) is 12.1 Å². The number of thiazole rings is 1. The molecule has 7 heteroatoms. The van der Waals surface area contributed by atoms with E-state index >= 15 is 0 Å². The molecule has 0 radical (unpaired) electrons. The Hall–Kier alpha value is -0.850. The van der Waals surface area contributed by atoms with Gasteiger partial charge < -0.3 is 15.0 Å². The molecule has 1 aliphatic heterocycles. The Morgan fingerprint density at radius 1 is 1.48 bits per heavy atom. The highest BCUT2D eigenvalue weighted by Gasteiger charge is 2.28. The fourth-order valence-corrected chi connectivity index (χ4v) is 3.21. The summed E-state index contributed by atoms with van der Waals surface area (Å²) in [5, 5.41) is 5.67. The Balaban J connectivity index is 0.00000220. The van der Waals surface area contributed by atoms with Crippen molar-refractivity contribution < 1.29 is 9.53 Å². The molecule has 2 heterocycles. The first-order valence-corrected chi connectivity index (χ1v) is 7.83. The Morgan fingerprint density at radius 2 is 2.14 bits per heavy atom. The second-order valence-corrected chi connectivity index (χ2v) is 6.80. The molecular weight excluding hydrogens is 310 g/mol. The third kappa shape index (κ3) is 4.83. The van der Waals surface area contributed by atoms with E-state index in [2.05, 4.69) is 15.2 Å². The molecule has 1 aromatic rings. The minimum atomic E-state index is -0.449. The normalized spacial score (nSPS) is 15.5. The van der Waals surface area contributed by atoms with Crippen LogP contribution >= 0.6 is 23.7 Å². The van der Waals surface area contributed by atoms with Crippen LogP contribution < -0.4 is 10.2 Å². The first-order valence-electron chi connectivity index (χ1n) is 7.02. The number of carbonyl (C=O) groups is 1. The maximum absolute atomic E-state index is 11.7. The number of carbonyl (C=O) groups excluding carboxylic acids is 1. The maximum atomic E-state index is 11.7. The van der Waals surface area contributed by atoms with Crippen molar-refractivity contribution in [3.8, 4) is 0 Å². The zero-order valence-corrected chi connectivity index (χ0v) is 14.5. The van der Waals surface area contributed by atoms with E-state index in [1.54, 1.807) is 11.3 Å². The number of nitrogens with zero attached hydrogens (tertiary/aromatic N) is 2. The second-order valence-electron chi connectivity index (χ2n) is 5.70. The van der Waals surface area contributed by atoms with Gasteiger partial charge in [-0.1, -0.05) is 0 Å². The lowest BCUT2D eigenvalue weighted by Gasteiger charge is -2.27. The Kier molecular flexibility index (Phi) is 6.90. The van der Waals surface area contributed by atoms with Crippen LogP contribution in [0.15, 0.2) is 6.20 Å². The van der Waals surface area contributed by atoms with Gasteiger partial charge in [-0.15, -0.1) is 23.7 Å². The van der Waals surface area contributed by atoms with Crippen LogP contribution in [0.4, 0.5) is 5.00 Å². The minimum absolute atomic E-state index is 0. The summed E-state index contributed by atoms with van der Waals surface area (Å²) in [7, 11) is 1.44. The third-order valence-electron chi connectivity index (χ3n) is 3.67. The van der Waals surface area contributed by atoms with E-state index in [0.717, 1.165) is 44.0 Å². The van der Waals surface area contributed by atoms with Crippen molar-refractivity contribution in [3.63, 3.8) is 0 Å². The van der Waals surface area contributed by atoms with Crippen molar-refractivity contribution in [2.24, 2.45) is 5.41 Å². The molecule has 0 bridgehead atoms. The number of rotatable bonds is 5. The van der Waals surface area contributed by atoms with Crippen LogP contribution in [0.1, 0.15) is 25.3 Å². The zero-order chi connectivity index (χ0) is 14.6. The van der Waals surface area contributed by atoms with E-state index in [0.29, 0.717) is 0 Å². The molecule has 0 amide bonds. The third-order valence-corrected chi connectivity index (χ3v) is 4.79. The summed E-state index contributed by atoms with van der Waals surface area (Å²) < 4.78 is 4.83. The molecule has 1 aromatic heterocycles. The number of aryl methyl sites for hydroxylation is 1. The number of esters is 1. The largest absolute Gasteiger partial charge is 0.469 e. The summed E-state index contributed by atoms with van der Waals surface area (Å²) in [6.45, 7) is 7.98. The Labute approximate surface area is 136 Å². The van der Waals surface area contributed by atoms with Gasteiger partial charge in [0.1, 0.15) is 5.00 Å². The number of hydrogen-bond acceptors (Lipinski definition) is 6. The highest BCUT2D eigenvalue weighted by Crippen LogP contribution is 2.29. The molecule has 0 saturated carbocycles. The minimum Gasteiger partial charge on any atom is -0.469 e. The summed E-state index contributed by atoms with van der Waals surface area (Å²) in [6.07, 6.45) is 3.53.